The van der Waals surface area contributed by atoms with Crippen molar-refractivity contribution in [3.63, 3.8) is 0 Å². The third-order valence-electron chi connectivity index (χ3n) is 5.26. The molecule has 3 aromatic rings. The molecule has 0 bridgehead atoms. The number of benzene rings is 2. The minimum Gasteiger partial charge on any atom is -0.337 e. The van der Waals surface area contributed by atoms with E-state index in [1.54, 1.807) is 0 Å². The normalized spacial score (nSPS) is 16.9. The van der Waals surface area contributed by atoms with E-state index in [0.29, 0.717) is 31.1 Å². The Morgan fingerprint density at radius 3 is 2.74 bits per heavy atom. The molecule has 4 rings (SSSR count). The van der Waals surface area contributed by atoms with Gasteiger partial charge in [-0.05, 0) is 49.9 Å². The molecule has 0 radical (unpaired) electrons. The van der Waals surface area contributed by atoms with E-state index in [0.717, 1.165) is 16.7 Å². The van der Waals surface area contributed by atoms with E-state index >= 15 is 0 Å². The molecule has 0 saturated carbocycles. The molecule has 0 N–H and O–H groups in total. The van der Waals surface area contributed by atoms with Gasteiger partial charge in [-0.1, -0.05) is 47.1 Å². The second kappa shape index (κ2) is 6.99. The van der Waals surface area contributed by atoms with Crippen LogP contribution >= 0.6 is 0 Å². The fourth-order valence-electron chi connectivity index (χ4n) is 3.56. The lowest BCUT2D eigenvalue weighted by Crippen LogP contribution is -2.27. The molecule has 5 nitrogen and oxygen atoms in total. The third-order valence-corrected chi connectivity index (χ3v) is 5.26. The number of carbonyl (C=O) groups is 1. The van der Waals surface area contributed by atoms with Gasteiger partial charge in [-0.25, -0.2) is 0 Å². The van der Waals surface area contributed by atoms with Crippen LogP contribution < -0.4 is 0 Å². The minimum atomic E-state index is -0.162. The van der Waals surface area contributed by atoms with Crippen molar-refractivity contribution in [2.75, 3.05) is 0 Å². The standard InChI is InChI=1S/C22H23N3O2/c1-14-5-4-6-18(11-14)21-23-22(27-24-21)19-9-10-20(26)25(19)13-17-8-7-15(2)16(3)12-17/h4-8,11-12,19H,9-10,13H2,1-3H3. The summed E-state index contributed by atoms with van der Waals surface area (Å²) >= 11 is 0. The fraction of sp³-hybridized carbons (Fsp3) is 0.318. The molecule has 5 heteroatoms. The fourth-order valence-corrected chi connectivity index (χ4v) is 3.56. The smallest absolute Gasteiger partial charge is 0.249 e. The van der Waals surface area contributed by atoms with Gasteiger partial charge < -0.3 is 9.42 Å². The van der Waals surface area contributed by atoms with E-state index in [1.165, 1.54) is 11.1 Å². The molecule has 1 fully saturated rings. The first-order valence-electron chi connectivity index (χ1n) is 9.27. The Hall–Kier alpha value is -2.95. The topological polar surface area (TPSA) is 59.2 Å². The largest absolute Gasteiger partial charge is 0.337 e. The van der Waals surface area contributed by atoms with Gasteiger partial charge in [0.2, 0.25) is 17.6 Å². The Morgan fingerprint density at radius 1 is 1.11 bits per heavy atom. The molecule has 27 heavy (non-hydrogen) atoms. The zero-order chi connectivity index (χ0) is 19.0. The Morgan fingerprint density at radius 2 is 1.96 bits per heavy atom. The van der Waals surface area contributed by atoms with Gasteiger partial charge >= 0.3 is 0 Å². The van der Waals surface area contributed by atoms with E-state index in [-0.39, 0.29) is 11.9 Å². The maximum Gasteiger partial charge on any atom is 0.249 e. The first-order chi connectivity index (χ1) is 13.0. The van der Waals surface area contributed by atoms with Gasteiger partial charge in [0.15, 0.2) is 0 Å². The van der Waals surface area contributed by atoms with E-state index in [1.807, 2.05) is 36.1 Å². The molecule has 1 unspecified atom stereocenters. The van der Waals surface area contributed by atoms with Crippen LogP contribution in [0.3, 0.4) is 0 Å². The number of aromatic nitrogens is 2. The van der Waals surface area contributed by atoms with Crippen LogP contribution in [0.1, 0.15) is 47.0 Å². The molecule has 1 aromatic heterocycles. The molecule has 1 saturated heterocycles. The van der Waals surface area contributed by atoms with Gasteiger partial charge in [0.05, 0.1) is 0 Å². The monoisotopic (exact) mass is 361 g/mol. The van der Waals surface area contributed by atoms with Crippen molar-refractivity contribution < 1.29 is 9.32 Å². The molecule has 2 aromatic carbocycles. The third kappa shape index (κ3) is 3.50. The van der Waals surface area contributed by atoms with Gasteiger partial charge in [0, 0.05) is 18.5 Å². The van der Waals surface area contributed by atoms with Crippen LogP contribution in [-0.2, 0) is 11.3 Å². The SMILES string of the molecule is Cc1cccc(-c2noc(C3CCC(=O)N3Cc3ccc(C)c(C)c3)n2)c1. The highest BCUT2D eigenvalue weighted by Crippen LogP contribution is 2.34. The van der Waals surface area contributed by atoms with E-state index in [4.69, 9.17) is 4.52 Å². The number of amides is 1. The van der Waals surface area contributed by atoms with Crippen molar-refractivity contribution in [3.8, 4) is 11.4 Å². The van der Waals surface area contributed by atoms with Gasteiger partial charge in [-0.3, -0.25) is 4.79 Å². The summed E-state index contributed by atoms with van der Waals surface area (Å²) in [5.41, 5.74) is 5.68. The van der Waals surface area contributed by atoms with Gasteiger partial charge in [-0.15, -0.1) is 0 Å². The van der Waals surface area contributed by atoms with E-state index in [2.05, 4.69) is 42.2 Å². The second-order valence-electron chi connectivity index (χ2n) is 7.32. The summed E-state index contributed by atoms with van der Waals surface area (Å²) in [5, 5.41) is 4.14. The number of nitrogens with zero attached hydrogens (tertiary/aromatic N) is 3. The van der Waals surface area contributed by atoms with Crippen LogP contribution in [0.4, 0.5) is 0 Å². The number of rotatable bonds is 4. The number of carbonyl (C=O) groups excluding carboxylic acids is 1. The molecule has 138 valence electrons. The predicted molar refractivity (Wildman–Crippen MR) is 103 cm³/mol. The summed E-state index contributed by atoms with van der Waals surface area (Å²) in [7, 11) is 0. The summed E-state index contributed by atoms with van der Waals surface area (Å²) in [5.74, 6) is 1.22. The average Bonchev–Trinajstić information content (AvgIpc) is 3.26. The van der Waals surface area contributed by atoms with Crippen LogP contribution in [0.2, 0.25) is 0 Å². The highest BCUT2D eigenvalue weighted by Gasteiger charge is 2.36. The summed E-state index contributed by atoms with van der Waals surface area (Å²) in [6, 6.07) is 14.2. The van der Waals surface area contributed by atoms with Crippen LogP contribution in [0, 0.1) is 20.8 Å². The Labute approximate surface area is 159 Å². The Balaban J connectivity index is 1.59. The maximum absolute atomic E-state index is 12.5. The van der Waals surface area contributed by atoms with Gasteiger partial charge in [-0.2, -0.15) is 4.98 Å². The highest BCUT2D eigenvalue weighted by molar-refractivity contribution is 5.78. The van der Waals surface area contributed by atoms with Crippen molar-refractivity contribution in [3.05, 3.63) is 70.6 Å². The van der Waals surface area contributed by atoms with Gasteiger partial charge in [0.25, 0.3) is 0 Å². The zero-order valence-corrected chi connectivity index (χ0v) is 15.9. The van der Waals surface area contributed by atoms with Crippen LogP contribution in [0.15, 0.2) is 47.0 Å². The Kier molecular flexibility index (Phi) is 4.52. The molecule has 2 heterocycles. The molecule has 1 atom stereocenters. The molecule has 1 aliphatic rings. The minimum absolute atomic E-state index is 0.133. The number of aryl methyl sites for hydroxylation is 3. The van der Waals surface area contributed by atoms with Gasteiger partial charge in [0.1, 0.15) is 6.04 Å². The second-order valence-corrected chi connectivity index (χ2v) is 7.32. The Bertz CT molecular complexity index is 993. The predicted octanol–water partition coefficient (Wildman–Crippen LogP) is 4.53. The lowest BCUT2D eigenvalue weighted by molar-refractivity contribution is -0.129. The van der Waals surface area contributed by atoms with E-state index < -0.39 is 0 Å². The average molecular weight is 361 g/mol. The van der Waals surface area contributed by atoms with Crippen LogP contribution in [0.5, 0.6) is 0 Å². The van der Waals surface area contributed by atoms with Crippen LogP contribution in [0.25, 0.3) is 11.4 Å². The van der Waals surface area contributed by atoms with Crippen molar-refractivity contribution in [1.29, 1.82) is 0 Å². The van der Waals surface area contributed by atoms with Crippen molar-refractivity contribution in [2.24, 2.45) is 0 Å². The van der Waals surface area contributed by atoms with Crippen molar-refractivity contribution >= 4 is 5.91 Å². The maximum atomic E-state index is 12.5. The number of likely N-dealkylation sites (tertiary alicyclic amines) is 1. The number of hydrogen-bond acceptors (Lipinski definition) is 4. The molecule has 0 aliphatic carbocycles. The highest BCUT2D eigenvalue weighted by atomic mass is 16.5. The summed E-state index contributed by atoms with van der Waals surface area (Å²) in [6.07, 6.45) is 1.22. The molecule has 1 aliphatic heterocycles. The van der Waals surface area contributed by atoms with E-state index in [9.17, 15) is 4.79 Å². The lowest BCUT2D eigenvalue weighted by atomic mass is 10.1. The first-order valence-corrected chi connectivity index (χ1v) is 9.27. The zero-order valence-electron chi connectivity index (χ0n) is 15.9. The lowest BCUT2D eigenvalue weighted by Gasteiger charge is -2.22. The first kappa shape index (κ1) is 17.5. The van der Waals surface area contributed by atoms with Crippen LogP contribution in [-0.4, -0.2) is 20.9 Å². The summed E-state index contributed by atoms with van der Waals surface area (Å²) in [4.78, 5) is 18.9. The van der Waals surface area contributed by atoms with Crippen molar-refractivity contribution in [1.82, 2.24) is 15.0 Å². The quantitative estimate of drug-likeness (QED) is 0.685. The molecule has 1 amide bonds. The molecular formula is C22H23N3O2. The number of hydrogen-bond donors (Lipinski definition) is 0. The summed E-state index contributed by atoms with van der Waals surface area (Å²) < 4.78 is 5.55. The summed E-state index contributed by atoms with van der Waals surface area (Å²) in [6.45, 7) is 6.78. The molecular weight excluding hydrogens is 338 g/mol. The molecule has 0 spiro atoms. The van der Waals surface area contributed by atoms with Crippen molar-refractivity contribution in [2.45, 2.75) is 46.2 Å².